The number of carbonyl (C=O) groups excluding carboxylic acids is 1. The lowest BCUT2D eigenvalue weighted by atomic mass is 10.1. The molecule has 1 saturated carbocycles. The zero-order chi connectivity index (χ0) is 18.0. The number of aromatic hydroxyl groups is 1. The van der Waals surface area contributed by atoms with Gasteiger partial charge in [0, 0.05) is 18.8 Å². The predicted octanol–water partition coefficient (Wildman–Crippen LogP) is 3.56. The van der Waals surface area contributed by atoms with Crippen LogP contribution >= 0.6 is 23.2 Å². The summed E-state index contributed by atoms with van der Waals surface area (Å²) < 4.78 is 1.48. The van der Waals surface area contributed by atoms with Crippen molar-refractivity contribution in [2.45, 2.75) is 31.7 Å². The largest absolute Gasteiger partial charge is 0.502 e. The SMILES string of the molecule is O=C(NCCCc1ccc(Cl)c(Cl)c1)c1ccn(C2CC2)c(=O)c1O. The minimum Gasteiger partial charge on any atom is -0.502 e. The maximum atomic E-state index is 12.2. The number of nitrogens with one attached hydrogen (secondary N) is 1. The molecule has 1 aromatic heterocycles. The van der Waals surface area contributed by atoms with E-state index in [1.807, 2.05) is 6.07 Å². The second-order valence-electron chi connectivity index (χ2n) is 6.13. The first-order valence-electron chi connectivity index (χ1n) is 8.13. The number of rotatable bonds is 6. The van der Waals surface area contributed by atoms with Crippen molar-refractivity contribution in [2.24, 2.45) is 0 Å². The summed E-state index contributed by atoms with van der Waals surface area (Å²) in [6.07, 6.45) is 4.86. The summed E-state index contributed by atoms with van der Waals surface area (Å²) in [6.45, 7) is 0.421. The molecule has 3 rings (SSSR count). The molecular weight excluding hydrogens is 363 g/mol. The Bertz CT molecular complexity index is 860. The molecule has 5 nitrogen and oxygen atoms in total. The molecule has 2 aromatic rings. The molecule has 1 aliphatic carbocycles. The van der Waals surface area contributed by atoms with E-state index in [-0.39, 0.29) is 11.6 Å². The Morgan fingerprint density at radius 3 is 2.68 bits per heavy atom. The third-order valence-electron chi connectivity index (χ3n) is 4.19. The van der Waals surface area contributed by atoms with Crippen molar-refractivity contribution < 1.29 is 9.90 Å². The highest BCUT2D eigenvalue weighted by Gasteiger charge is 2.26. The Morgan fingerprint density at radius 1 is 1.24 bits per heavy atom. The van der Waals surface area contributed by atoms with E-state index >= 15 is 0 Å². The number of amides is 1. The van der Waals surface area contributed by atoms with Crippen LogP contribution in [0.4, 0.5) is 0 Å². The van der Waals surface area contributed by atoms with E-state index in [0.717, 1.165) is 24.8 Å². The standard InChI is InChI=1S/C18H18Cl2N2O3/c19-14-6-3-11(10-15(14)20)2-1-8-21-17(24)13-7-9-22(12-4-5-12)18(25)16(13)23/h3,6-7,9-10,12,23H,1-2,4-5,8H2,(H,21,24). The van der Waals surface area contributed by atoms with Crippen molar-refractivity contribution in [3.63, 3.8) is 0 Å². The average Bonchev–Trinajstić information content (AvgIpc) is 3.42. The number of hydrogen-bond acceptors (Lipinski definition) is 3. The van der Waals surface area contributed by atoms with E-state index < -0.39 is 17.2 Å². The first-order chi connectivity index (χ1) is 12.0. The highest BCUT2D eigenvalue weighted by molar-refractivity contribution is 6.42. The zero-order valence-electron chi connectivity index (χ0n) is 13.5. The van der Waals surface area contributed by atoms with E-state index in [9.17, 15) is 14.7 Å². The van der Waals surface area contributed by atoms with Crippen molar-refractivity contribution in [3.8, 4) is 5.75 Å². The Hall–Kier alpha value is -1.98. The van der Waals surface area contributed by atoms with Crippen LogP contribution in [0.3, 0.4) is 0 Å². The second-order valence-corrected chi connectivity index (χ2v) is 6.94. The number of nitrogens with zero attached hydrogens (tertiary/aromatic N) is 1. The van der Waals surface area contributed by atoms with E-state index in [4.69, 9.17) is 23.2 Å². The summed E-state index contributed by atoms with van der Waals surface area (Å²) in [7, 11) is 0. The van der Waals surface area contributed by atoms with Crippen LogP contribution in [0.5, 0.6) is 5.75 Å². The molecular formula is C18H18Cl2N2O3. The van der Waals surface area contributed by atoms with Crippen molar-refractivity contribution in [2.75, 3.05) is 6.54 Å². The van der Waals surface area contributed by atoms with Crippen LogP contribution in [-0.2, 0) is 6.42 Å². The van der Waals surface area contributed by atoms with Gasteiger partial charge in [-0.15, -0.1) is 0 Å². The van der Waals surface area contributed by atoms with Crippen LogP contribution in [0.1, 0.15) is 41.2 Å². The maximum absolute atomic E-state index is 12.2. The predicted molar refractivity (Wildman–Crippen MR) is 97.8 cm³/mol. The lowest BCUT2D eigenvalue weighted by molar-refractivity contribution is 0.0950. The lowest BCUT2D eigenvalue weighted by Crippen LogP contribution is -2.28. The quantitative estimate of drug-likeness (QED) is 0.752. The van der Waals surface area contributed by atoms with E-state index in [0.29, 0.717) is 23.0 Å². The summed E-state index contributed by atoms with van der Waals surface area (Å²) in [5, 5.41) is 13.7. The molecule has 0 radical (unpaired) electrons. The summed E-state index contributed by atoms with van der Waals surface area (Å²) >= 11 is 11.8. The Labute approximate surface area is 155 Å². The molecule has 1 aliphatic rings. The molecule has 0 atom stereocenters. The Morgan fingerprint density at radius 2 is 2.00 bits per heavy atom. The normalized spacial score (nSPS) is 13.7. The molecule has 0 spiro atoms. The lowest BCUT2D eigenvalue weighted by Gasteiger charge is -2.09. The molecule has 25 heavy (non-hydrogen) atoms. The molecule has 1 amide bonds. The number of halogens is 2. The van der Waals surface area contributed by atoms with E-state index in [1.165, 1.54) is 10.6 Å². The molecule has 0 unspecified atom stereocenters. The maximum Gasteiger partial charge on any atom is 0.293 e. The molecule has 0 aliphatic heterocycles. The van der Waals surface area contributed by atoms with Gasteiger partial charge in [0.05, 0.1) is 15.6 Å². The van der Waals surface area contributed by atoms with Gasteiger partial charge in [-0.2, -0.15) is 0 Å². The number of benzene rings is 1. The number of hydrogen-bond donors (Lipinski definition) is 2. The highest BCUT2D eigenvalue weighted by Crippen LogP contribution is 2.33. The van der Waals surface area contributed by atoms with Gasteiger partial charge in [-0.05, 0) is 49.4 Å². The van der Waals surface area contributed by atoms with Gasteiger partial charge in [-0.1, -0.05) is 29.3 Å². The fourth-order valence-electron chi connectivity index (χ4n) is 2.65. The molecule has 7 heteroatoms. The van der Waals surface area contributed by atoms with Crippen LogP contribution in [0.15, 0.2) is 35.3 Å². The van der Waals surface area contributed by atoms with Gasteiger partial charge in [0.25, 0.3) is 11.5 Å². The zero-order valence-corrected chi connectivity index (χ0v) is 15.0. The van der Waals surface area contributed by atoms with Crippen LogP contribution in [0.2, 0.25) is 10.0 Å². The number of aromatic nitrogens is 1. The van der Waals surface area contributed by atoms with Crippen LogP contribution < -0.4 is 10.9 Å². The summed E-state index contributed by atoms with van der Waals surface area (Å²) in [4.78, 5) is 24.2. The average molecular weight is 381 g/mol. The van der Waals surface area contributed by atoms with Crippen molar-refractivity contribution in [1.82, 2.24) is 9.88 Å². The first kappa shape index (κ1) is 17.8. The van der Waals surface area contributed by atoms with Gasteiger partial charge in [0.15, 0.2) is 5.75 Å². The fraction of sp³-hybridized carbons (Fsp3) is 0.333. The van der Waals surface area contributed by atoms with Gasteiger partial charge in [-0.3, -0.25) is 9.59 Å². The summed E-state index contributed by atoms with van der Waals surface area (Å²) in [5.41, 5.74) is 0.529. The van der Waals surface area contributed by atoms with Gasteiger partial charge in [-0.25, -0.2) is 0 Å². The van der Waals surface area contributed by atoms with E-state index in [2.05, 4.69) is 5.32 Å². The molecule has 1 heterocycles. The molecule has 2 N–H and O–H groups in total. The van der Waals surface area contributed by atoms with Crippen molar-refractivity contribution in [3.05, 3.63) is 62.0 Å². The monoisotopic (exact) mass is 380 g/mol. The first-order valence-corrected chi connectivity index (χ1v) is 8.89. The van der Waals surface area contributed by atoms with Crippen LogP contribution in [-0.4, -0.2) is 22.1 Å². The molecule has 132 valence electrons. The Kier molecular flexibility index (Phi) is 5.35. The number of carbonyl (C=O) groups is 1. The highest BCUT2D eigenvalue weighted by atomic mass is 35.5. The van der Waals surface area contributed by atoms with Gasteiger partial charge in [0.1, 0.15) is 0 Å². The van der Waals surface area contributed by atoms with Gasteiger partial charge in [0.2, 0.25) is 0 Å². The molecule has 1 aromatic carbocycles. The topological polar surface area (TPSA) is 71.3 Å². The minimum absolute atomic E-state index is 0.0106. The third kappa shape index (κ3) is 4.17. The van der Waals surface area contributed by atoms with Crippen molar-refractivity contribution >= 4 is 29.1 Å². The summed E-state index contributed by atoms with van der Waals surface area (Å²) in [5.74, 6) is -0.942. The molecule has 0 bridgehead atoms. The van der Waals surface area contributed by atoms with Crippen LogP contribution in [0, 0.1) is 0 Å². The number of pyridine rings is 1. The van der Waals surface area contributed by atoms with E-state index in [1.54, 1.807) is 18.3 Å². The van der Waals surface area contributed by atoms with Gasteiger partial charge >= 0.3 is 0 Å². The molecule has 1 fully saturated rings. The smallest absolute Gasteiger partial charge is 0.293 e. The third-order valence-corrected chi connectivity index (χ3v) is 4.93. The summed E-state index contributed by atoms with van der Waals surface area (Å²) in [6, 6.07) is 7.07. The minimum atomic E-state index is -0.508. The second kappa shape index (κ2) is 7.50. The fourth-order valence-corrected chi connectivity index (χ4v) is 2.97. The van der Waals surface area contributed by atoms with Crippen molar-refractivity contribution in [1.29, 1.82) is 0 Å². The number of aryl methyl sites for hydroxylation is 1. The van der Waals surface area contributed by atoms with Gasteiger partial charge < -0.3 is 15.0 Å². The van der Waals surface area contributed by atoms with Crippen LogP contribution in [0.25, 0.3) is 0 Å². The molecule has 0 saturated heterocycles. The Balaban J connectivity index is 1.55.